The van der Waals surface area contributed by atoms with Crippen LogP contribution >= 0.6 is 0 Å². The lowest BCUT2D eigenvalue weighted by atomic mass is 9.73. The Kier molecular flexibility index (Phi) is 11.2. The van der Waals surface area contributed by atoms with Crippen molar-refractivity contribution in [3.8, 4) is 0 Å². The molecule has 0 unspecified atom stereocenters. The van der Waals surface area contributed by atoms with Crippen molar-refractivity contribution in [2.45, 2.75) is 59.0 Å². The lowest BCUT2D eigenvalue weighted by molar-refractivity contribution is -0.153. The van der Waals surface area contributed by atoms with Gasteiger partial charge in [-0.25, -0.2) is 0 Å². The highest BCUT2D eigenvalue weighted by Gasteiger charge is 2.35. The van der Waals surface area contributed by atoms with E-state index in [-0.39, 0.29) is 29.7 Å². The molecule has 0 amide bonds. The fourth-order valence-electron chi connectivity index (χ4n) is 3.94. The first-order chi connectivity index (χ1) is 15.5. The molecule has 0 spiro atoms. The van der Waals surface area contributed by atoms with Gasteiger partial charge < -0.3 is 19.9 Å². The summed E-state index contributed by atoms with van der Waals surface area (Å²) in [6.07, 6.45) is 4.75. The minimum absolute atomic E-state index is 0.0373. The van der Waals surface area contributed by atoms with Crippen LogP contribution in [-0.4, -0.2) is 37.7 Å². The van der Waals surface area contributed by atoms with Crippen molar-refractivity contribution >= 4 is 17.9 Å². The zero-order valence-corrected chi connectivity index (χ0v) is 19.3. The van der Waals surface area contributed by atoms with Gasteiger partial charge >= 0.3 is 17.9 Å². The van der Waals surface area contributed by atoms with Crippen molar-refractivity contribution in [2.75, 3.05) is 19.8 Å². The Morgan fingerprint density at radius 2 is 1.38 bits per heavy atom. The molecule has 0 heterocycles. The molecule has 2 aliphatic rings. The highest BCUT2D eigenvalue weighted by Crippen LogP contribution is 2.37. The Morgan fingerprint density at radius 3 is 1.88 bits per heavy atom. The summed E-state index contributed by atoms with van der Waals surface area (Å²) < 4.78 is 15.1. The molecule has 0 saturated heterocycles. The zero-order valence-electron chi connectivity index (χ0n) is 19.3. The normalized spacial score (nSPS) is 23.5. The van der Waals surface area contributed by atoms with E-state index in [1.165, 1.54) is 0 Å². The molecule has 178 valence electrons. The highest BCUT2D eigenvalue weighted by molar-refractivity contribution is 5.74. The molecule has 0 bridgehead atoms. The summed E-state index contributed by atoms with van der Waals surface area (Å²) in [6, 6.07) is 9.65. The SMILES string of the molecule is CCOC(=O)C1CC(CCC(=O)OCc2ccccc2)C1.CCOC(=O)C1CC(CN)C1. The van der Waals surface area contributed by atoms with Crippen molar-refractivity contribution in [1.29, 1.82) is 0 Å². The predicted octanol–water partition coefficient (Wildman–Crippen LogP) is 3.63. The minimum Gasteiger partial charge on any atom is -0.466 e. The van der Waals surface area contributed by atoms with Crippen molar-refractivity contribution in [3.63, 3.8) is 0 Å². The summed E-state index contributed by atoms with van der Waals surface area (Å²) in [4.78, 5) is 34.1. The van der Waals surface area contributed by atoms with E-state index in [4.69, 9.17) is 19.9 Å². The predicted molar refractivity (Wildman–Crippen MR) is 120 cm³/mol. The zero-order chi connectivity index (χ0) is 23.3. The van der Waals surface area contributed by atoms with E-state index >= 15 is 0 Å². The number of ether oxygens (including phenoxy) is 3. The van der Waals surface area contributed by atoms with Crippen LogP contribution in [-0.2, 0) is 35.2 Å². The summed E-state index contributed by atoms with van der Waals surface area (Å²) in [5, 5.41) is 0. The second-order valence-electron chi connectivity index (χ2n) is 8.49. The fourth-order valence-corrected chi connectivity index (χ4v) is 3.94. The van der Waals surface area contributed by atoms with Gasteiger partial charge in [0.25, 0.3) is 0 Å². The van der Waals surface area contributed by atoms with Crippen LogP contribution in [0.5, 0.6) is 0 Å². The fraction of sp³-hybridized carbons (Fsp3) is 0.640. The standard InChI is InChI=1S/C17H22O4.C8H15NO2/c1-2-20-17(19)15-10-14(11-15)8-9-16(18)21-12-13-6-4-3-5-7-13;1-2-11-8(10)7-3-6(4-7)5-9/h3-7,14-15H,2,8-12H2,1H3;6-7H,2-5,9H2,1H3. The number of hydrogen-bond donors (Lipinski definition) is 1. The lowest BCUT2D eigenvalue weighted by Gasteiger charge is -2.33. The summed E-state index contributed by atoms with van der Waals surface area (Å²) in [6.45, 7) is 5.61. The quantitative estimate of drug-likeness (QED) is 0.431. The maximum absolute atomic E-state index is 11.7. The van der Waals surface area contributed by atoms with Crippen LogP contribution in [0, 0.1) is 23.7 Å². The smallest absolute Gasteiger partial charge is 0.308 e. The summed E-state index contributed by atoms with van der Waals surface area (Å²) >= 11 is 0. The van der Waals surface area contributed by atoms with Gasteiger partial charge in [-0.05, 0) is 69.9 Å². The third-order valence-corrected chi connectivity index (χ3v) is 6.04. The summed E-state index contributed by atoms with van der Waals surface area (Å²) in [5.41, 5.74) is 6.42. The van der Waals surface area contributed by atoms with Crippen LogP contribution in [0.4, 0.5) is 0 Å². The van der Waals surface area contributed by atoms with Crippen LogP contribution in [0.2, 0.25) is 0 Å². The number of carbonyl (C=O) groups excluding carboxylic acids is 3. The Balaban J connectivity index is 0.000000278. The maximum atomic E-state index is 11.7. The molecule has 2 aliphatic carbocycles. The van der Waals surface area contributed by atoms with Gasteiger partial charge in [-0.3, -0.25) is 14.4 Å². The number of rotatable bonds is 10. The molecule has 3 rings (SSSR count). The first-order valence-corrected chi connectivity index (χ1v) is 11.7. The van der Waals surface area contributed by atoms with E-state index in [1.807, 2.05) is 44.2 Å². The average Bonchev–Trinajstić information content (AvgIpc) is 2.72. The van der Waals surface area contributed by atoms with Gasteiger partial charge in [0, 0.05) is 6.42 Å². The van der Waals surface area contributed by atoms with Gasteiger partial charge in [0.2, 0.25) is 0 Å². The minimum atomic E-state index is -0.168. The van der Waals surface area contributed by atoms with Gasteiger partial charge in [0.15, 0.2) is 0 Å². The molecule has 0 radical (unpaired) electrons. The number of esters is 3. The van der Waals surface area contributed by atoms with Crippen LogP contribution in [0.15, 0.2) is 30.3 Å². The molecule has 2 saturated carbocycles. The van der Waals surface area contributed by atoms with Crippen LogP contribution in [0.1, 0.15) is 57.9 Å². The molecule has 0 aromatic heterocycles. The average molecular weight is 448 g/mol. The molecular weight excluding hydrogens is 410 g/mol. The van der Waals surface area contributed by atoms with E-state index in [9.17, 15) is 14.4 Å². The molecule has 2 N–H and O–H groups in total. The number of benzene rings is 1. The van der Waals surface area contributed by atoms with Gasteiger partial charge in [0.05, 0.1) is 25.0 Å². The number of nitrogens with two attached hydrogens (primary N) is 1. The van der Waals surface area contributed by atoms with Gasteiger partial charge in [-0.15, -0.1) is 0 Å². The Labute approximate surface area is 191 Å². The van der Waals surface area contributed by atoms with E-state index in [2.05, 4.69) is 0 Å². The Morgan fingerprint density at radius 1 is 0.844 bits per heavy atom. The van der Waals surface area contributed by atoms with Crippen LogP contribution in [0.3, 0.4) is 0 Å². The Hall–Kier alpha value is -2.41. The van der Waals surface area contributed by atoms with E-state index in [1.54, 1.807) is 0 Å². The topological polar surface area (TPSA) is 105 Å². The summed E-state index contributed by atoms with van der Waals surface area (Å²) in [7, 11) is 0. The van der Waals surface area contributed by atoms with E-state index < -0.39 is 0 Å². The third-order valence-electron chi connectivity index (χ3n) is 6.04. The van der Waals surface area contributed by atoms with Gasteiger partial charge in [-0.2, -0.15) is 0 Å². The molecular formula is C25H37NO6. The molecule has 0 aliphatic heterocycles. The van der Waals surface area contributed by atoms with Crippen LogP contribution < -0.4 is 5.73 Å². The van der Waals surface area contributed by atoms with Gasteiger partial charge in [-0.1, -0.05) is 30.3 Å². The van der Waals surface area contributed by atoms with Crippen molar-refractivity contribution in [3.05, 3.63) is 35.9 Å². The van der Waals surface area contributed by atoms with Gasteiger partial charge in [0.1, 0.15) is 6.61 Å². The first kappa shape index (κ1) is 25.8. The molecule has 32 heavy (non-hydrogen) atoms. The third kappa shape index (κ3) is 8.61. The highest BCUT2D eigenvalue weighted by atomic mass is 16.5. The largest absolute Gasteiger partial charge is 0.466 e. The molecule has 0 atom stereocenters. The molecule has 7 nitrogen and oxygen atoms in total. The maximum Gasteiger partial charge on any atom is 0.308 e. The second-order valence-corrected chi connectivity index (χ2v) is 8.49. The monoisotopic (exact) mass is 447 g/mol. The molecule has 1 aromatic carbocycles. The van der Waals surface area contributed by atoms with Crippen molar-refractivity contribution in [2.24, 2.45) is 29.4 Å². The van der Waals surface area contributed by atoms with E-state index in [0.29, 0.717) is 44.6 Å². The number of carbonyl (C=O) groups is 3. The molecule has 1 aromatic rings. The molecule has 7 heteroatoms. The number of hydrogen-bond acceptors (Lipinski definition) is 7. The second kappa shape index (κ2) is 13.9. The summed E-state index contributed by atoms with van der Waals surface area (Å²) in [5.74, 6) is 0.878. The Bertz CT molecular complexity index is 710. The lowest BCUT2D eigenvalue weighted by Crippen LogP contribution is -2.35. The van der Waals surface area contributed by atoms with Crippen molar-refractivity contribution < 1.29 is 28.6 Å². The first-order valence-electron chi connectivity index (χ1n) is 11.7. The van der Waals surface area contributed by atoms with Crippen LogP contribution in [0.25, 0.3) is 0 Å². The van der Waals surface area contributed by atoms with E-state index in [0.717, 1.165) is 37.7 Å². The van der Waals surface area contributed by atoms with Crippen molar-refractivity contribution in [1.82, 2.24) is 0 Å². The molecule has 2 fully saturated rings.